The van der Waals surface area contributed by atoms with E-state index in [0.717, 1.165) is 11.0 Å². The Morgan fingerprint density at radius 3 is 2.21 bits per heavy atom. The topological polar surface area (TPSA) is 73.4 Å². The van der Waals surface area contributed by atoms with Crippen LogP contribution in [-0.4, -0.2) is 16.2 Å². The highest BCUT2D eigenvalue weighted by atomic mass is 32.2. The molecule has 0 saturated heterocycles. The van der Waals surface area contributed by atoms with Crippen molar-refractivity contribution in [2.75, 3.05) is 6.26 Å². The zero-order valence-corrected chi connectivity index (χ0v) is 11.3. The summed E-state index contributed by atoms with van der Waals surface area (Å²) in [7, 11) is 0. The second-order valence-corrected chi connectivity index (χ2v) is 4.59. The quantitative estimate of drug-likeness (QED) is 0.781. The van der Waals surface area contributed by atoms with Crippen LogP contribution in [0.25, 0.3) is 15.9 Å². The summed E-state index contributed by atoms with van der Waals surface area (Å²) in [5.41, 5.74) is 2.94. The number of fused-ring (bicyclic) bond motifs is 1. The molecule has 0 radical (unpaired) electrons. The molecule has 0 N–H and O–H groups in total. The molecule has 0 amide bonds. The molecule has 0 aliphatic carbocycles. The molecule has 1 aromatic carbocycles. The molecular formula is C14H10N4S. The lowest BCUT2D eigenvalue weighted by molar-refractivity contribution is 1.16. The van der Waals surface area contributed by atoms with Gasteiger partial charge in [-0.1, -0.05) is 12.1 Å². The number of para-hydroxylation sites is 2. The maximum Gasteiger partial charge on any atom is 0.145 e. The number of aryl methyl sites for hydroxylation is 1. The number of rotatable bonds is 2. The van der Waals surface area contributed by atoms with E-state index in [-0.39, 0.29) is 5.57 Å². The number of nitriles is 2. The summed E-state index contributed by atoms with van der Waals surface area (Å²) in [6, 6.07) is 11.3. The van der Waals surface area contributed by atoms with Crippen molar-refractivity contribution in [2.24, 2.45) is 0 Å². The lowest BCUT2D eigenvalue weighted by Crippen LogP contribution is -1.98. The van der Waals surface area contributed by atoms with Crippen molar-refractivity contribution in [2.45, 2.75) is 6.92 Å². The molecule has 0 atom stereocenters. The lowest BCUT2D eigenvalue weighted by atomic mass is 10.2. The maximum atomic E-state index is 9.00. The van der Waals surface area contributed by atoms with Gasteiger partial charge in [-0.25, -0.2) is 9.97 Å². The van der Waals surface area contributed by atoms with Crippen molar-refractivity contribution in [3.63, 3.8) is 0 Å². The third-order valence-corrected chi connectivity index (χ3v) is 3.42. The Hall–Kier alpha value is -2.37. The average Bonchev–Trinajstić information content (AvgIpc) is 2.44. The van der Waals surface area contributed by atoms with Gasteiger partial charge in [-0.2, -0.15) is 10.5 Å². The van der Waals surface area contributed by atoms with E-state index < -0.39 is 0 Å². The van der Waals surface area contributed by atoms with Crippen LogP contribution < -0.4 is 0 Å². The summed E-state index contributed by atoms with van der Waals surface area (Å²) in [4.78, 5) is 9.56. The first-order valence-corrected chi connectivity index (χ1v) is 6.76. The van der Waals surface area contributed by atoms with Gasteiger partial charge < -0.3 is 0 Å². The third-order valence-electron chi connectivity index (χ3n) is 2.61. The van der Waals surface area contributed by atoms with Gasteiger partial charge in [-0.3, -0.25) is 0 Å². The van der Waals surface area contributed by atoms with Crippen molar-refractivity contribution in [1.82, 2.24) is 9.97 Å². The molecule has 0 unspecified atom stereocenters. The predicted molar refractivity (Wildman–Crippen MR) is 75.9 cm³/mol. The van der Waals surface area contributed by atoms with E-state index in [1.807, 2.05) is 49.6 Å². The first kappa shape index (κ1) is 13.1. The fourth-order valence-corrected chi connectivity index (χ4v) is 2.43. The fraction of sp³-hybridized carbons (Fsp3) is 0.143. The van der Waals surface area contributed by atoms with Crippen LogP contribution in [0.15, 0.2) is 29.8 Å². The molecule has 0 aliphatic heterocycles. The molecule has 19 heavy (non-hydrogen) atoms. The molecular weight excluding hydrogens is 256 g/mol. The molecule has 1 heterocycles. The number of nitrogens with zero attached hydrogens (tertiary/aromatic N) is 4. The van der Waals surface area contributed by atoms with Gasteiger partial charge in [0.1, 0.15) is 23.4 Å². The lowest BCUT2D eigenvalue weighted by Gasteiger charge is -2.08. The molecule has 0 spiro atoms. The van der Waals surface area contributed by atoms with Crippen molar-refractivity contribution in [3.05, 3.63) is 41.2 Å². The van der Waals surface area contributed by atoms with Gasteiger partial charge in [0, 0.05) is 0 Å². The highest BCUT2D eigenvalue weighted by molar-refractivity contribution is 8.07. The molecule has 0 bridgehead atoms. The van der Waals surface area contributed by atoms with Crippen molar-refractivity contribution in [3.8, 4) is 12.1 Å². The molecule has 0 saturated carbocycles. The smallest absolute Gasteiger partial charge is 0.145 e. The number of thioether (sulfide) groups is 1. The average molecular weight is 266 g/mol. The minimum Gasteiger partial charge on any atom is -0.249 e. The maximum absolute atomic E-state index is 9.00. The summed E-state index contributed by atoms with van der Waals surface area (Å²) in [5, 5.41) is 18.0. The van der Waals surface area contributed by atoms with Crippen LogP contribution in [0.4, 0.5) is 0 Å². The van der Waals surface area contributed by atoms with Crippen LogP contribution in [0.1, 0.15) is 11.4 Å². The van der Waals surface area contributed by atoms with E-state index in [0.29, 0.717) is 16.3 Å². The largest absolute Gasteiger partial charge is 0.249 e. The summed E-state index contributed by atoms with van der Waals surface area (Å²) >= 11 is 1.34. The second kappa shape index (κ2) is 5.51. The number of allylic oxidation sites excluding steroid dienone is 1. The Balaban J connectivity index is 2.76. The molecule has 1 aromatic heterocycles. The summed E-state index contributed by atoms with van der Waals surface area (Å²) in [5.74, 6) is 0. The molecule has 0 fully saturated rings. The van der Waals surface area contributed by atoms with Gasteiger partial charge in [0.05, 0.1) is 21.6 Å². The SMILES string of the molecule is CSC(=C(C#N)C#N)c1nc2ccccc2nc1C. The van der Waals surface area contributed by atoms with E-state index >= 15 is 0 Å². The highest BCUT2D eigenvalue weighted by Crippen LogP contribution is 2.29. The van der Waals surface area contributed by atoms with E-state index in [1.54, 1.807) is 0 Å². The highest BCUT2D eigenvalue weighted by Gasteiger charge is 2.14. The molecule has 2 aromatic rings. The van der Waals surface area contributed by atoms with Gasteiger partial charge in [0.2, 0.25) is 0 Å². The molecule has 4 nitrogen and oxygen atoms in total. The number of hydrogen-bond acceptors (Lipinski definition) is 5. The Morgan fingerprint density at radius 1 is 1.11 bits per heavy atom. The second-order valence-electron chi connectivity index (χ2n) is 3.78. The van der Waals surface area contributed by atoms with Crippen molar-refractivity contribution < 1.29 is 0 Å². The molecule has 0 aliphatic rings. The van der Waals surface area contributed by atoms with Crippen LogP contribution in [0.2, 0.25) is 0 Å². The van der Waals surface area contributed by atoms with Gasteiger partial charge in [0.25, 0.3) is 0 Å². The Kier molecular flexibility index (Phi) is 3.79. The predicted octanol–water partition coefficient (Wildman–Crippen LogP) is 3.06. The van der Waals surface area contributed by atoms with Crippen molar-refractivity contribution >= 4 is 27.7 Å². The van der Waals surface area contributed by atoms with E-state index in [2.05, 4.69) is 9.97 Å². The summed E-state index contributed by atoms with van der Waals surface area (Å²) in [6.45, 7) is 1.83. The third kappa shape index (κ3) is 2.42. The van der Waals surface area contributed by atoms with Crippen LogP contribution >= 0.6 is 11.8 Å². The standard InChI is InChI=1S/C14H10N4S/c1-9-13(14(19-2)10(7-15)8-16)18-12-6-4-3-5-11(12)17-9/h3-6H,1-2H3. The van der Waals surface area contributed by atoms with Crippen LogP contribution in [0.3, 0.4) is 0 Å². The Morgan fingerprint density at radius 2 is 1.68 bits per heavy atom. The first-order chi connectivity index (χ1) is 9.21. The first-order valence-electron chi connectivity index (χ1n) is 5.53. The Labute approximate surface area is 115 Å². The molecule has 5 heteroatoms. The summed E-state index contributed by atoms with van der Waals surface area (Å²) in [6.07, 6.45) is 1.82. The number of hydrogen-bond donors (Lipinski definition) is 0. The minimum atomic E-state index is 0.0696. The van der Waals surface area contributed by atoms with Gasteiger partial charge in [0.15, 0.2) is 0 Å². The van der Waals surface area contributed by atoms with Crippen LogP contribution in [0, 0.1) is 29.6 Å². The van der Waals surface area contributed by atoms with E-state index in [9.17, 15) is 0 Å². The molecule has 2 rings (SSSR count). The summed E-state index contributed by atoms with van der Waals surface area (Å²) < 4.78 is 0. The normalized spacial score (nSPS) is 9.68. The van der Waals surface area contributed by atoms with Crippen molar-refractivity contribution in [1.29, 1.82) is 10.5 Å². The minimum absolute atomic E-state index is 0.0696. The molecule has 92 valence electrons. The van der Waals surface area contributed by atoms with Gasteiger partial charge in [-0.15, -0.1) is 11.8 Å². The Bertz CT molecular complexity index is 734. The fourth-order valence-electron chi connectivity index (χ4n) is 1.75. The van der Waals surface area contributed by atoms with Gasteiger partial charge in [-0.05, 0) is 25.3 Å². The van der Waals surface area contributed by atoms with E-state index in [4.69, 9.17) is 10.5 Å². The van der Waals surface area contributed by atoms with Crippen LogP contribution in [-0.2, 0) is 0 Å². The van der Waals surface area contributed by atoms with Crippen LogP contribution in [0.5, 0.6) is 0 Å². The zero-order chi connectivity index (χ0) is 13.8. The monoisotopic (exact) mass is 266 g/mol. The number of benzene rings is 1. The zero-order valence-electron chi connectivity index (χ0n) is 10.5. The van der Waals surface area contributed by atoms with Gasteiger partial charge >= 0.3 is 0 Å². The number of aromatic nitrogens is 2. The van der Waals surface area contributed by atoms with E-state index in [1.165, 1.54) is 11.8 Å².